The highest BCUT2D eigenvalue weighted by Crippen LogP contribution is 2.33. The summed E-state index contributed by atoms with van der Waals surface area (Å²) < 4.78 is 15.8. The largest absolute Gasteiger partial charge is 0.454 e. The monoisotopic (exact) mass is 294 g/mol. The molecule has 108 valence electrons. The number of carbonyl (C=O) groups is 1. The topological polar surface area (TPSA) is 70.0 Å². The minimum absolute atomic E-state index is 0.192. The van der Waals surface area contributed by atoms with Gasteiger partial charge in [0, 0.05) is 18.0 Å². The summed E-state index contributed by atoms with van der Waals surface area (Å²) in [6, 6.07) is 8.89. The highest BCUT2D eigenvalue weighted by atomic mass is 16.7. The molecule has 3 heterocycles. The number of hydrogen-bond donors (Lipinski definition) is 0. The van der Waals surface area contributed by atoms with Crippen LogP contribution in [0.5, 0.6) is 11.5 Å². The molecule has 1 aromatic carbocycles. The van der Waals surface area contributed by atoms with Gasteiger partial charge in [0.25, 0.3) is 0 Å². The Hall–Kier alpha value is -3.15. The Kier molecular flexibility index (Phi) is 2.86. The Morgan fingerprint density at radius 2 is 2.05 bits per heavy atom. The molecule has 0 saturated heterocycles. The molecule has 0 fully saturated rings. The molecule has 6 heteroatoms. The molecule has 0 radical (unpaired) electrons. The molecule has 0 saturated carbocycles. The van der Waals surface area contributed by atoms with Crippen LogP contribution < -0.4 is 9.47 Å². The summed E-state index contributed by atoms with van der Waals surface area (Å²) in [5, 5.41) is 0. The Morgan fingerprint density at radius 1 is 1.14 bits per heavy atom. The van der Waals surface area contributed by atoms with Crippen molar-refractivity contribution >= 4 is 17.9 Å². The van der Waals surface area contributed by atoms with E-state index >= 15 is 0 Å². The van der Waals surface area contributed by atoms with Crippen molar-refractivity contribution in [3.8, 4) is 11.5 Å². The number of benzene rings is 1. The second-order valence-corrected chi connectivity index (χ2v) is 4.69. The number of aliphatic imine (C=N–C) groups is 1. The number of pyridine rings is 1. The van der Waals surface area contributed by atoms with Crippen LogP contribution in [0.25, 0.3) is 6.08 Å². The summed E-state index contributed by atoms with van der Waals surface area (Å²) in [5.41, 5.74) is 1.68. The molecule has 2 aliphatic heterocycles. The third-order valence-corrected chi connectivity index (χ3v) is 3.23. The zero-order valence-corrected chi connectivity index (χ0v) is 11.4. The molecule has 4 rings (SSSR count). The maximum Gasteiger partial charge on any atom is 0.363 e. The molecule has 22 heavy (non-hydrogen) atoms. The van der Waals surface area contributed by atoms with Crippen molar-refractivity contribution in [2.75, 3.05) is 6.79 Å². The van der Waals surface area contributed by atoms with E-state index in [0.717, 1.165) is 5.56 Å². The summed E-state index contributed by atoms with van der Waals surface area (Å²) in [6.07, 6.45) is 4.94. The molecule has 0 bridgehead atoms. The van der Waals surface area contributed by atoms with Crippen LogP contribution in [0.3, 0.4) is 0 Å². The van der Waals surface area contributed by atoms with E-state index < -0.39 is 5.97 Å². The van der Waals surface area contributed by atoms with E-state index in [-0.39, 0.29) is 18.4 Å². The van der Waals surface area contributed by atoms with Crippen LogP contribution in [0, 0.1) is 0 Å². The number of aromatic nitrogens is 1. The van der Waals surface area contributed by atoms with Gasteiger partial charge in [0.05, 0.1) is 0 Å². The summed E-state index contributed by atoms with van der Waals surface area (Å²) >= 11 is 0. The minimum atomic E-state index is -0.489. The number of fused-ring (bicyclic) bond motifs is 1. The summed E-state index contributed by atoms with van der Waals surface area (Å²) in [6.45, 7) is 0.192. The predicted molar refractivity (Wildman–Crippen MR) is 77.4 cm³/mol. The van der Waals surface area contributed by atoms with E-state index in [9.17, 15) is 4.79 Å². The van der Waals surface area contributed by atoms with E-state index in [1.807, 2.05) is 6.07 Å². The molecule has 0 spiro atoms. The Morgan fingerprint density at radius 3 is 2.91 bits per heavy atom. The zero-order valence-electron chi connectivity index (χ0n) is 11.4. The first-order valence-corrected chi connectivity index (χ1v) is 6.62. The molecule has 0 unspecified atom stereocenters. The average Bonchev–Trinajstić information content (AvgIpc) is 3.15. The van der Waals surface area contributed by atoms with Gasteiger partial charge in [0.1, 0.15) is 0 Å². The first-order chi connectivity index (χ1) is 10.8. The van der Waals surface area contributed by atoms with Gasteiger partial charge in [-0.1, -0.05) is 6.07 Å². The first-order valence-electron chi connectivity index (χ1n) is 6.62. The van der Waals surface area contributed by atoms with Crippen molar-refractivity contribution < 1.29 is 19.0 Å². The number of esters is 1. The van der Waals surface area contributed by atoms with E-state index in [1.54, 1.807) is 42.7 Å². The summed E-state index contributed by atoms with van der Waals surface area (Å²) in [5.74, 6) is 1.04. The van der Waals surface area contributed by atoms with Crippen LogP contribution in [-0.4, -0.2) is 23.6 Å². The highest BCUT2D eigenvalue weighted by molar-refractivity contribution is 6.13. The fraction of sp³-hybridized carbons (Fsp3) is 0.0625. The van der Waals surface area contributed by atoms with Crippen LogP contribution >= 0.6 is 0 Å². The first kappa shape index (κ1) is 12.6. The van der Waals surface area contributed by atoms with Crippen LogP contribution in [0.4, 0.5) is 0 Å². The van der Waals surface area contributed by atoms with Crippen molar-refractivity contribution in [3.63, 3.8) is 0 Å². The normalized spacial score (nSPS) is 17.5. The van der Waals surface area contributed by atoms with Crippen LogP contribution in [-0.2, 0) is 9.53 Å². The van der Waals surface area contributed by atoms with E-state index in [0.29, 0.717) is 17.1 Å². The van der Waals surface area contributed by atoms with Gasteiger partial charge in [0.2, 0.25) is 12.7 Å². The molecule has 1 aromatic heterocycles. The average molecular weight is 294 g/mol. The van der Waals surface area contributed by atoms with Gasteiger partial charge < -0.3 is 14.2 Å². The zero-order chi connectivity index (χ0) is 14.9. The SMILES string of the molecule is O=C1OC(c2ccc3c(c2)OCO3)=N/C1=C/c1cccnc1. The standard InChI is InChI=1S/C16H10N2O4/c19-16-12(6-10-2-1-5-17-8-10)18-15(22-16)11-3-4-13-14(7-11)21-9-20-13/h1-8H,9H2/b12-6+. The van der Waals surface area contributed by atoms with Crippen molar-refractivity contribution in [2.24, 2.45) is 4.99 Å². The van der Waals surface area contributed by atoms with Gasteiger partial charge in [-0.3, -0.25) is 4.98 Å². The van der Waals surface area contributed by atoms with E-state index in [1.165, 1.54) is 0 Å². The van der Waals surface area contributed by atoms with Gasteiger partial charge in [-0.15, -0.1) is 0 Å². The third-order valence-electron chi connectivity index (χ3n) is 3.23. The lowest BCUT2D eigenvalue weighted by Crippen LogP contribution is -2.05. The lowest BCUT2D eigenvalue weighted by molar-refractivity contribution is -0.129. The van der Waals surface area contributed by atoms with Gasteiger partial charge in [-0.25, -0.2) is 9.79 Å². The second kappa shape index (κ2) is 5.00. The fourth-order valence-corrected chi connectivity index (χ4v) is 2.18. The molecule has 2 aliphatic rings. The van der Waals surface area contributed by atoms with Crippen LogP contribution in [0.2, 0.25) is 0 Å². The second-order valence-electron chi connectivity index (χ2n) is 4.69. The van der Waals surface area contributed by atoms with Gasteiger partial charge in [0.15, 0.2) is 17.2 Å². The van der Waals surface area contributed by atoms with Crippen molar-refractivity contribution in [2.45, 2.75) is 0 Å². The quantitative estimate of drug-likeness (QED) is 0.627. The minimum Gasteiger partial charge on any atom is -0.454 e. The lowest BCUT2D eigenvalue weighted by Gasteiger charge is -2.01. The number of cyclic esters (lactones) is 1. The van der Waals surface area contributed by atoms with Crippen LogP contribution in [0.15, 0.2) is 53.4 Å². The number of rotatable bonds is 2. The van der Waals surface area contributed by atoms with Gasteiger partial charge in [-0.05, 0) is 35.9 Å². The molecule has 2 aromatic rings. The maximum absolute atomic E-state index is 11.9. The lowest BCUT2D eigenvalue weighted by atomic mass is 10.2. The fourth-order valence-electron chi connectivity index (χ4n) is 2.18. The summed E-state index contributed by atoms with van der Waals surface area (Å²) in [7, 11) is 0. The Labute approximate surface area is 125 Å². The Bertz CT molecular complexity index is 812. The molecule has 0 aliphatic carbocycles. The molecule has 0 atom stereocenters. The van der Waals surface area contributed by atoms with Gasteiger partial charge >= 0.3 is 5.97 Å². The van der Waals surface area contributed by atoms with Crippen molar-refractivity contribution in [1.82, 2.24) is 4.98 Å². The molecular formula is C16H10N2O4. The smallest absolute Gasteiger partial charge is 0.363 e. The number of carbonyl (C=O) groups excluding carboxylic acids is 1. The van der Waals surface area contributed by atoms with E-state index in [4.69, 9.17) is 14.2 Å². The number of nitrogens with zero attached hydrogens (tertiary/aromatic N) is 2. The van der Waals surface area contributed by atoms with Crippen molar-refractivity contribution in [3.05, 3.63) is 59.5 Å². The molecule has 0 amide bonds. The molecule has 6 nitrogen and oxygen atoms in total. The third kappa shape index (κ3) is 2.20. The van der Waals surface area contributed by atoms with Crippen LogP contribution in [0.1, 0.15) is 11.1 Å². The Balaban J connectivity index is 1.68. The maximum atomic E-state index is 11.9. The number of hydrogen-bond acceptors (Lipinski definition) is 6. The molecular weight excluding hydrogens is 284 g/mol. The van der Waals surface area contributed by atoms with Gasteiger partial charge in [-0.2, -0.15) is 0 Å². The number of ether oxygens (including phenoxy) is 3. The molecule has 0 N–H and O–H groups in total. The van der Waals surface area contributed by atoms with E-state index in [2.05, 4.69) is 9.98 Å². The van der Waals surface area contributed by atoms with Crippen molar-refractivity contribution in [1.29, 1.82) is 0 Å². The predicted octanol–water partition coefficient (Wildman–Crippen LogP) is 2.15. The summed E-state index contributed by atoms with van der Waals surface area (Å²) in [4.78, 5) is 20.1. The highest BCUT2D eigenvalue weighted by Gasteiger charge is 2.25.